The molecule has 6 heteroatoms. The van der Waals surface area contributed by atoms with Gasteiger partial charge in [0.25, 0.3) is 0 Å². The summed E-state index contributed by atoms with van der Waals surface area (Å²) in [5, 5.41) is 15.9. The summed E-state index contributed by atoms with van der Waals surface area (Å²) in [5.41, 5.74) is 0.764. The minimum absolute atomic E-state index is 0. The molecule has 0 bridgehead atoms. The summed E-state index contributed by atoms with van der Waals surface area (Å²) in [4.78, 5) is 11.8. The number of methoxy groups -OCH3 is 1. The number of rotatable bonds is 5. The number of hydrogen-bond acceptors (Lipinski definition) is 4. The second-order valence-electron chi connectivity index (χ2n) is 4.68. The van der Waals surface area contributed by atoms with Gasteiger partial charge in [0.1, 0.15) is 5.75 Å². The Labute approximate surface area is 125 Å². The van der Waals surface area contributed by atoms with Crippen LogP contribution in [0.1, 0.15) is 24.5 Å². The molecule has 112 valence electrons. The van der Waals surface area contributed by atoms with Crippen LogP contribution in [0.5, 0.6) is 5.75 Å². The number of benzene rings is 1. The third-order valence-corrected chi connectivity index (χ3v) is 3.35. The van der Waals surface area contributed by atoms with Gasteiger partial charge in [-0.25, -0.2) is 0 Å². The number of halogens is 1. The second kappa shape index (κ2) is 8.09. The van der Waals surface area contributed by atoms with Crippen LogP contribution in [0.2, 0.25) is 0 Å². The molecule has 1 aromatic rings. The quantitative estimate of drug-likeness (QED) is 0.759. The molecule has 2 atom stereocenters. The van der Waals surface area contributed by atoms with E-state index in [-0.39, 0.29) is 30.9 Å². The van der Waals surface area contributed by atoms with E-state index in [4.69, 9.17) is 4.74 Å². The maximum absolute atomic E-state index is 11.8. The summed E-state index contributed by atoms with van der Waals surface area (Å²) < 4.78 is 5.05. The largest absolute Gasteiger partial charge is 0.497 e. The predicted molar refractivity (Wildman–Crippen MR) is 79.2 cm³/mol. The molecule has 3 N–H and O–H groups in total. The summed E-state index contributed by atoms with van der Waals surface area (Å²) in [5.74, 6) is 0.709. The lowest BCUT2D eigenvalue weighted by atomic mass is 10.1. The van der Waals surface area contributed by atoms with Crippen molar-refractivity contribution in [2.24, 2.45) is 0 Å². The summed E-state index contributed by atoms with van der Waals surface area (Å²) >= 11 is 0. The van der Waals surface area contributed by atoms with Crippen molar-refractivity contribution in [3.05, 3.63) is 29.8 Å². The second-order valence-corrected chi connectivity index (χ2v) is 4.68. The number of carbonyl (C=O) groups is 1. The minimum Gasteiger partial charge on any atom is -0.497 e. The Morgan fingerprint density at radius 3 is 2.75 bits per heavy atom. The van der Waals surface area contributed by atoms with Crippen molar-refractivity contribution in [2.45, 2.75) is 25.0 Å². The zero-order chi connectivity index (χ0) is 13.7. The number of hydrogen-bond donors (Lipinski definition) is 3. The zero-order valence-corrected chi connectivity index (χ0v) is 12.3. The summed E-state index contributed by atoms with van der Waals surface area (Å²) in [6.07, 6.45) is 1.19. The molecule has 1 aliphatic rings. The first-order valence-corrected chi connectivity index (χ1v) is 6.54. The Balaban J connectivity index is 0.00000200. The molecular weight excluding hydrogens is 280 g/mol. The average Bonchev–Trinajstić information content (AvgIpc) is 2.98. The van der Waals surface area contributed by atoms with Gasteiger partial charge in [-0.15, -0.1) is 12.4 Å². The molecule has 20 heavy (non-hydrogen) atoms. The molecule has 5 nitrogen and oxygen atoms in total. The topological polar surface area (TPSA) is 70.6 Å². The SMILES string of the molecule is COc1ccc(C(O)CNC(=O)C2CCCN2)cc1.Cl. The number of nitrogens with one attached hydrogen (secondary N) is 2. The summed E-state index contributed by atoms with van der Waals surface area (Å²) in [6.45, 7) is 1.11. The Morgan fingerprint density at radius 2 is 2.20 bits per heavy atom. The van der Waals surface area contributed by atoms with E-state index in [9.17, 15) is 9.90 Å². The molecule has 0 spiro atoms. The Morgan fingerprint density at radius 1 is 1.50 bits per heavy atom. The van der Waals surface area contributed by atoms with Gasteiger partial charge in [-0.05, 0) is 37.1 Å². The normalized spacial score (nSPS) is 19.0. The third-order valence-electron chi connectivity index (χ3n) is 3.35. The Bertz CT molecular complexity index is 419. The number of carbonyl (C=O) groups excluding carboxylic acids is 1. The van der Waals surface area contributed by atoms with E-state index < -0.39 is 6.10 Å². The summed E-state index contributed by atoms with van der Waals surface area (Å²) in [6, 6.07) is 7.06. The highest BCUT2D eigenvalue weighted by Crippen LogP contribution is 2.17. The fraction of sp³-hybridized carbons (Fsp3) is 0.500. The maximum Gasteiger partial charge on any atom is 0.237 e. The summed E-state index contributed by atoms with van der Waals surface area (Å²) in [7, 11) is 1.60. The molecule has 1 aliphatic heterocycles. The Hall–Kier alpha value is -1.30. The first-order valence-electron chi connectivity index (χ1n) is 6.54. The van der Waals surface area contributed by atoms with Gasteiger partial charge >= 0.3 is 0 Å². The van der Waals surface area contributed by atoms with E-state index in [1.165, 1.54) is 0 Å². The Kier molecular flexibility index (Phi) is 6.78. The van der Waals surface area contributed by atoms with Crippen LogP contribution in [0.15, 0.2) is 24.3 Å². The van der Waals surface area contributed by atoms with Crippen LogP contribution in [0.3, 0.4) is 0 Å². The highest BCUT2D eigenvalue weighted by Gasteiger charge is 2.22. The van der Waals surface area contributed by atoms with Gasteiger partial charge < -0.3 is 20.5 Å². The highest BCUT2D eigenvalue weighted by molar-refractivity contribution is 5.85. The van der Waals surface area contributed by atoms with Crippen LogP contribution >= 0.6 is 12.4 Å². The average molecular weight is 301 g/mol. The highest BCUT2D eigenvalue weighted by atomic mass is 35.5. The molecule has 2 rings (SSSR count). The smallest absolute Gasteiger partial charge is 0.237 e. The van der Waals surface area contributed by atoms with Gasteiger partial charge in [-0.3, -0.25) is 4.79 Å². The van der Waals surface area contributed by atoms with E-state index in [0.717, 1.165) is 30.7 Å². The van der Waals surface area contributed by atoms with Crippen molar-refractivity contribution in [1.82, 2.24) is 10.6 Å². The molecule has 2 unspecified atom stereocenters. The van der Waals surface area contributed by atoms with Crippen molar-refractivity contribution in [2.75, 3.05) is 20.2 Å². The standard InChI is InChI=1S/C14H20N2O3.ClH/c1-19-11-6-4-10(5-7-11)13(17)9-16-14(18)12-3-2-8-15-12;/h4-7,12-13,15,17H,2-3,8-9H2,1H3,(H,16,18);1H. The number of amides is 1. The van der Waals surface area contributed by atoms with E-state index in [2.05, 4.69) is 10.6 Å². The van der Waals surface area contributed by atoms with Crippen molar-refractivity contribution >= 4 is 18.3 Å². The van der Waals surface area contributed by atoms with E-state index in [1.54, 1.807) is 31.4 Å². The van der Waals surface area contributed by atoms with Crippen molar-refractivity contribution in [3.63, 3.8) is 0 Å². The molecule has 1 saturated heterocycles. The predicted octanol–water partition coefficient (Wildman–Crippen LogP) is 1.02. The minimum atomic E-state index is -0.698. The molecule has 1 fully saturated rings. The monoisotopic (exact) mass is 300 g/mol. The lowest BCUT2D eigenvalue weighted by Crippen LogP contribution is -2.41. The van der Waals surface area contributed by atoms with Gasteiger partial charge in [-0.2, -0.15) is 0 Å². The van der Waals surface area contributed by atoms with Crippen LogP contribution in [-0.2, 0) is 4.79 Å². The van der Waals surface area contributed by atoms with Gasteiger partial charge in [-0.1, -0.05) is 12.1 Å². The first kappa shape index (κ1) is 16.8. The van der Waals surface area contributed by atoms with Crippen molar-refractivity contribution in [1.29, 1.82) is 0 Å². The molecule has 0 saturated carbocycles. The third kappa shape index (κ3) is 4.37. The zero-order valence-electron chi connectivity index (χ0n) is 11.5. The maximum atomic E-state index is 11.8. The number of aliphatic hydroxyl groups is 1. The number of ether oxygens (including phenoxy) is 1. The lowest BCUT2D eigenvalue weighted by Gasteiger charge is -2.15. The number of aliphatic hydroxyl groups excluding tert-OH is 1. The fourth-order valence-electron chi connectivity index (χ4n) is 2.17. The molecule has 1 heterocycles. The van der Waals surface area contributed by atoms with Gasteiger partial charge in [0.2, 0.25) is 5.91 Å². The molecule has 1 amide bonds. The molecular formula is C14H21ClN2O3. The van der Waals surface area contributed by atoms with Crippen LogP contribution in [0, 0.1) is 0 Å². The van der Waals surface area contributed by atoms with Crippen LogP contribution in [-0.4, -0.2) is 37.3 Å². The molecule has 0 aliphatic carbocycles. The lowest BCUT2D eigenvalue weighted by molar-refractivity contribution is -0.123. The van der Waals surface area contributed by atoms with Gasteiger partial charge in [0.05, 0.1) is 19.3 Å². The van der Waals surface area contributed by atoms with E-state index >= 15 is 0 Å². The van der Waals surface area contributed by atoms with Gasteiger partial charge in [0.15, 0.2) is 0 Å². The van der Waals surface area contributed by atoms with Crippen molar-refractivity contribution in [3.8, 4) is 5.75 Å². The van der Waals surface area contributed by atoms with Crippen molar-refractivity contribution < 1.29 is 14.6 Å². The molecule has 0 aromatic heterocycles. The molecule has 1 aromatic carbocycles. The van der Waals surface area contributed by atoms with Crippen LogP contribution in [0.25, 0.3) is 0 Å². The first-order chi connectivity index (χ1) is 9.20. The van der Waals surface area contributed by atoms with Crippen LogP contribution < -0.4 is 15.4 Å². The van der Waals surface area contributed by atoms with E-state index in [0.29, 0.717) is 0 Å². The molecule has 0 radical (unpaired) electrons. The van der Waals surface area contributed by atoms with Gasteiger partial charge in [0, 0.05) is 6.54 Å². The van der Waals surface area contributed by atoms with E-state index in [1.807, 2.05) is 0 Å². The van der Waals surface area contributed by atoms with Crippen LogP contribution in [0.4, 0.5) is 0 Å². The fourth-order valence-corrected chi connectivity index (χ4v) is 2.17.